The largest absolute Gasteiger partial charge is 0.386 e. The van der Waals surface area contributed by atoms with Crippen LogP contribution >= 0.6 is 0 Å². The first kappa shape index (κ1) is 16.1. The Morgan fingerprint density at radius 2 is 1.79 bits per heavy atom. The van der Waals surface area contributed by atoms with Gasteiger partial charge in [0, 0.05) is 11.8 Å². The molecule has 0 amide bonds. The van der Waals surface area contributed by atoms with Crippen LogP contribution in [-0.4, -0.2) is 33.6 Å². The summed E-state index contributed by atoms with van der Waals surface area (Å²) in [7, 11) is 0. The lowest BCUT2D eigenvalue weighted by atomic mass is 9.81. The highest BCUT2D eigenvalue weighted by atomic mass is 19.1. The number of rotatable bonds is 7. The molecule has 108 valence electrons. The van der Waals surface area contributed by atoms with E-state index in [1.807, 2.05) is 0 Å². The Morgan fingerprint density at radius 1 is 1.21 bits per heavy atom. The van der Waals surface area contributed by atoms with Crippen molar-refractivity contribution in [3.05, 3.63) is 29.8 Å². The summed E-state index contributed by atoms with van der Waals surface area (Å²) in [6.07, 6.45) is 3.60. The summed E-state index contributed by atoms with van der Waals surface area (Å²) >= 11 is 0. The van der Waals surface area contributed by atoms with Gasteiger partial charge in [-0.15, -0.1) is 0 Å². The van der Waals surface area contributed by atoms with E-state index >= 15 is 0 Å². The van der Waals surface area contributed by atoms with Crippen molar-refractivity contribution in [1.29, 1.82) is 0 Å². The quantitative estimate of drug-likeness (QED) is 0.825. The predicted molar refractivity (Wildman–Crippen MR) is 75.4 cm³/mol. The van der Waals surface area contributed by atoms with Crippen LogP contribution in [0.3, 0.4) is 0 Å². The highest BCUT2D eigenvalue weighted by Gasteiger charge is 2.40. The summed E-state index contributed by atoms with van der Waals surface area (Å²) < 4.78 is 13.3. The SMILES string of the molecule is CCN(CC)C(CC)(CC)C(O)c1cncc(F)c1. The third-order valence-corrected chi connectivity index (χ3v) is 4.17. The van der Waals surface area contributed by atoms with Crippen LogP contribution in [0.5, 0.6) is 0 Å². The Hall–Kier alpha value is -1.00. The molecule has 1 aromatic rings. The number of pyridine rings is 1. The second-order valence-corrected chi connectivity index (χ2v) is 4.82. The van der Waals surface area contributed by atoms with Crippen LogP contribution < -0.4 is 0 Å². The van der Waals surface area contributed by atoms with E-state index in [4.69, 9.17) is 0 Å². The molecule has 0 aliphatic rings. The van der Waals surface area contributed by atoms with Crippen molar-refractivity contribution >= 4 is 0 Å². The number of halogens is 1. The van der Waals surface area contributed by atoms with Crippen molar-refractivity contribution in [2.75, 3.05) is 13.1 Å². The molecule has 1 atom stereocenters. The van der Waals surface area contributed by atoms with E-state index < -0.39 is 11.9 Å². The van der Waals surface area contributed by atoms with Gasteiger partial charge in [0.2, 0.25) is 0 Å². The lowest BCUT2D eigenvalue weighted by molar-refractivity contribution is -0.0369. The molecule has 0 aliphatic carbocycles. The smallest absolute Gasteiger partial charge is 0.141 e. The molecule has 3 nitrogen and oxygen atoms in total. The van der Waals surface area contributed by atoms with Crippen molar-refractivity contribution in [3.8, 4) is 0 Å². The third-order valence-electron chi connectivity index (χ3n) is 4.17. The molecule has 4 heteroatoms. The maximum atomic E-state index is 13.3. The van der Waals surface area contributed by atoms with Crippen LogP contribution in [0.4, 0.5) is 4.39 Å². The van der Waals surface area contributed by atoms with E-state index in [-0.39, 0.29) is 5.54 Å². The van der Waals surface area contributed by atoms with Gasteiger partial charge in [-0.3, -0.25) is 9.88 Å². The Bertz CT molecular complexity index is 389. The topological polar surface area (TPSA) is 36.4 Å². The minimum atomic E-state index is -0.731. The van der Waals surface area contributed by atoms with Gasteiger partial charge in [-0.1, -0.05) is 27.7 Å². The standard InChI is InChI=1S/C15H25FN2O/c1-5-15(6-2,18(7-3)8-4)14(19)12-9-13(16)11-17-10-12/h9-11,14,19H,5-8H2,1-4H3. The molecule has 0 radical (unpaired) electrons. The predicted octanol–water partition coefficient (Wildman–Crippen LogP) is 3.15. The first-order chi connectivity index (χ1) is 9.05. The molecule has 1 heterocycles. The Kier molecular flexibility index (Phi) is 5.88. The van der Waals surface area contributed by atoms with E-state index in [1.54, 1.807) is 6.20 Å². The number of hydrogen-bond donors (Lipinski definition) is 1. The molecular formula is C15H25FN2O. The minimum absolute atomic E-state index is 0.362. The number of aliphatic hydroxyl groups excluding tert-OH is 1. The third kappa shape index (κ3) is 3.12. The van der Waals surface area contributed by atoms with Gasteiger partial charge >= 0.3 is 0 Å². The van der Waals surface area contributed by atoms with Gasteiger partial charge in [0.1, 0.15) is 5.82 Å². The van der Waals surface area contributed by atoms with Crippen molar-refractivity contribution < 1.29 is 9.50 Å². The van der Waals surface area contributed by atoms with Crippen molar-refractivity contribution in [2.45, 2.75) is 52.2 Å². The van der Waals surface area contributed by atoms with E-state index in [1.165, 1.54) is 6.07 Å². The van der Waals surface area contributed by atoms with Gasteiger partial charge in [-0.25, -0.2) is 4.39 Å². The summed E-state index contributed by atoms with van der Waals surface area (Å²) in [6, 6.07) is 1.38. The zero-order valence-corrected chi connectivity index (χ0v) is 12.4. The first-order valence-corrected chi connectivity index (χ1v) is 7.09. The Labute approximate surface area is 115 Å². The van der Waals surface area contributed by atoms with Crippen molar-refractivity contribution in [2.24, 2.45) is 0 Å². The van der Waals surface area contributed by atoms with E-state index in [0.29, 0.717) is 5.56 Å². The molecule has 1 N–H and O–H groups in total. The number of likely N-dealkylation sites (N-methyl/N-ethyl adjacent to an activating group) is 1. The van der Waals surface area contributed by atoms with Crippen LogP contribution in [-0.2, 0) is 0 Å². The highest BCUT2D eigenvalue weighted by Crippen LogP contribution is 2.37. The number of aromatic nitrogens is 1. The summed E-state index contributed by atoms with van der Waals surface area (Å²) in [5.74, 6) is -0.405. The number of aliphatic hydroxyl groups is 1. The van der Waals surface area contributed by atoms with E-state index in [0.717, 1.165) is 32.1 Å². The summed E-state index contributed by atoms with van der Waals surface area (Å²) in [5.41, 5.74) is 0.189. The Balaban J connectivity index is 3.17. The summed E-state index contributed by atoms with van der Waals surface area (Å²) in [6.45, 7) is 10.0. The normalized spacial score (nSPS) is 13.8. The lowest BCUT2D eigenvalue weighted by Crippen LogP contribution is -2.52. The van der Waals surface area contributed by atoms with Crippen LogP contribution in [0.2, 0.25) is 0 Å². The monoisotopic (exact) mass is 268 g/mol. The molecular weight excluding hydrogens is 243 g/mol. The van der Waals surface area contributed by atoms with Crippen LogP contribution in [0.25, 0.3) is 0 Å². The fraction of sp³-hybridized carbons (Fsp3) is 0.667. The maximum Gasteiger partial charge on any atom is 0.141 e. The number of nitrogens with zero attached hydrogens (tertiary/aromatic N) is 2. The fourth-order valence-corrected chi connectivity index (χ4v) is 3.00. The molecule has 19 heavy (non-hydrogen) atoms. The molecule has 0 aliphatic heterocycles. The summed E-state index contributed by atoms with van der Waals surface area (Å²) in [4.78, 5) is 6.10. The maximum absolute atomic E-state index is 13.3. The molecule has 0 aromatic carbocycles. The average Bonchev–Trinajstić information content (AvgIpc) is 2.44. The highest BCUT2D eigenvalue weighted by molar-refractivity contribution is 5.18. The average molecular weight is 268 g/mol. The molecule has 1 unspecified atom stereocenters. The van der Waals surface area contributed by atoms with Gasteiger partial charge in [0.05, 0.1) is 17.8 Å². The first-order valence-electron chi connectivity index (χ1n) is 7.09. The molecule has 0 bridgehead atoms. The molecule has 1 aromatic heterocycles. The van der Waals surface area contributed by atoms with Gasteiger partial charge in [-0.2, -0.15) is 0 Å². The minimum Gasteiger partial charge on any atom is -0.386 e. The Morgan fingerprint density at radius 3 is 2.21 bits per heavy atom. The van der Waals surface area contributed by atoms with Crippen LogP contribution in [0.1, 0.15) is 52.2 Å². The summed E-state index contributed by atoms with van der Waals surface area (Å²) in [5, 5.41) is 10.7. The van der Waals surface area contributed by atoms with Crippen molar-refractivity contribution in [3.63, 3.8) is 0 Å². The second kappa shape index (κ2) is 6.96. The van der Waals surface area contributed by atoms with Gasteiger partial charge in [-0.05, 0) is 32.0 Å². The van der Waals surface area contributed by atoms with Gasteiger partial charge in [0.25, 0.3) is 0 Å². The van der Waals surface area contributed by atoms with Crippen molar-refractivity contribution in [1.82, 2.24) is 9.88 Å². The lowest BCUT2D eigenvalue weighted by Gasteiger charge is -2.45. The van der Waals surface area contributed by atoms with Crippen LogP contribution in [0, 0.1) is 5.82 Å². The molecule has 0 spiro atoms. The molecule has 0 fully saturated rings. The number of hydrogen-bond acceptors (Lipinski definition) is 3. The molecule has 1 rings (SSSR count). The second-order valence-electron chi connectivity index (χ2n) is 4.82. The van der Waals surface area contributed by atoms with E-state index in [2.05, 4.69) is 37.6 Å². The zero-order valence-electron chi connectivity index (χ0n) is 12.4. The van der Waals surface area contributed by atoms with E-state index in [9.17, 15) is 9.50 Å². The van der Waals surface area contributed by atoms with Gasteiger partial charge < -0.3 is 5.11 Å². The zero-order chi connectivity index (χ0) is 14.5. The fourth-order valence-electron chi connectivity index (χ4n) is 3.00. The molecule has 0 saturated carbocycles. The van der Waals surface area contributed by atoms with Gasteiger partial charge in [0.15, 0.2) is 0 Å². The molecule has 0 saturated heterocycles. The van der Waals surface area contributed by atoms with Crippen LogP contribution in [0.15, 0.2) is 18.5 Å².